The first-order chi connectivity index (χ1) is 12.1. The van der Waals surface area contributed by atoms with E-state index in [1.807, 2.05) is 27.7 Å². The molecule has 152 valence electrons. The quantitative estimate of drug-likeness (QED) is 0.450. The standard InChI is InChI=1S/C18H36N4O4/c1-8-12(4)17(13(26-7)9-14(19)23)22(6)15(24)10-21-18(25)16(20-5)11(2)3/h11-13,16-17,20H,8-10H2,1-7H3,(H2,19,23)(H,21,25)/t12-,13?,16?,17?/m0/s1. The van der Waals surface area contributed by atoms with Gasteiger partial charge in [-0.15, -0.1) is 0 Å². The third-order valence-corrected chi connectivity index (χ3v) is 4.83. The maximum Gasteiger partial charge on any atom is 0.242 e. The van der Waals surface area contributed by atoms with Crippen LogP contribution in [0.3, 0.4) is 0 Å². The highest BCUT2D eigenvalue weighted by molar-refractivity contribution is 5.87. The Morgan fingerprint density at radius 2 is 1.77 bits per heavy atom. The van der Waals surface area contributed by atoms with Gasteiger partial charge in [0.15, 0.2) is 0 Å². The summed E-state index contributed by atoms with van der Waals surface area (Å²) in [5, 5.41) is 5.63. The summed E-state index contributed by atoms with van der Waals surface area (Å²) in [4.78, 5) is 37.7. The summed E-state index contributed by atoms with van der Waals surface area (Å²) in [6.07, 6.45) is 0.348. The van der Waals surface area contributed by atoms with E-state index in [1.165, 1.54) is 7.11 Å². The van der Waals surface area contributed by atoms with Gasteiger partial charge in [0.1, 0.15) is 0 Å². The number of likely N-dealkylation sites (N-methyl/N-ethyl adjacent to an activating group) is 2. The zero-order chi connectivity index (χ0) is 20.4. The normalized spacial score (nSPS) is 15.8. The number of rotatable bonds is 12. The maximum atomic E-state index is 12.6. The average molecular weight is 373 g/mol. The molecule has 0 aliphatic heterocycles. The lowest BCUT2D eigenvalue weighted by Crippen LogP contribution is -2.54. The fourth-order valence-corrected chi connectivity index (χ4v) is 3.11. The van der Waals surface area contributed by atoms with E-state index in [1.54, 1.807) is 19.0 Å². The molecular weight excluding hydrogens is 336 g/mol. The van der Waals surface area contributed by atoms with Crippen LogP contribution in [0, 0.1) is 11.8 Å². The third-order valence-electron chi connectivity index (χ3n) is 4.83. The van der Waals surface area contributed by atoms with E-state index in [0.717, 1.165) is 6.42 Å². The molecule has 8 nitrogen and oxygen atoms in total. The zero-order valence-electron chi connectivity index (χ0n) is 17.2. The average Bonchev–Trinajstić information content (AvgIpc) is 2.58. The van der Waals surface area contributed by atoms with Crippen molar-refractivity contribution in [1.29, 1.82) is 0 Å². The molecule has 0 radical (unpaired) electrons. The van der Waals surface area contributed by atoms with E-state index in [4.69, 9.17) is 10.5 Å². The Morgan fingerprint density at radius 1 is 1.19 bits per heavy atom. The van der Waals surface area contributed by atoms with Crippen LogP contribution < -0.4 is 16.4 Å². The molecule has 0 heterocycles. The fraction of sp³-hybridized carbons (Fsp3) is 0.833. The summed E-state index contributed by atoms with van der Waals surface area (Å²) < 4.78 is 5.44. The van der Waals surface area contributed by atoms with E-state index < -0.39 is 12.0 Å². The number of nitrogens with two attached hydrogens (primary N) is 1. The predicted octanol–water partition coefficient (Wildman–Crippen LogP) is 0.110. The molecule has 4 atom stereocenters. The molecular formula is C18H36N4O4. The summed E-state index contributed by atoms with van der Waals surface area (Å²) in [6.45, 7) is 7.76. The van der Waals surface area contributed by atoms with Crippen LogP contribution in [0.25, 0.3) is 0 Å². The maximum absolute atomic E-state index is 12.6. The number of nitrogens with zero attached hydrogens (tertiary/aromatic N) is 1. The summed E-state index contributed by atoms with van der Waals surface area (Å²) in [7, 11) is 4.88. The Kier molecular flexibility index (Phi) is 11.1. The van der Waals surface area contributed by atoms with Crippen molar-refractivity contribution in [3.8, 4) is 0 Å². The van der Waals surface area contributed by atoms with Crippen LogP contribution in [0.5, 0.6) is 0 Å². The molecule has 0 bridgehead atoms. The highest BCUT2D eigenvalue weighted by Gasteiger charge is 2.33. The number of ether oxygens (including phenoxy) is 1. The molecule has 3 amide bonds. The van der Waals surface area contributed by atoms with Gasteiger partial charge < -0.3 is 26.0 Å². The Bertz CT molecular complexity index is 470. The molecule has 0 spiro atoms. The molecule has 0 fully saturated rings. The van der Waals surface area contributed by atoms with Gasteiger partial charge in [0.2, 0.25) is 17.7 Å². The second-order valence-electron chi connectivity index (χ2n) is 7.05. The number of hydrogen-bond acceptors (Lipinski definition) is 5. The van der Waals surface area contributed by atoms with Gasteiger partial charge in [0.25, 0.3) is 0 Å². The number of carbonyl (C=O) groups is 3. The Hall–Kier alpha value is -1.67. The fourth-order valence-electron chi connectivity index (χ4n) is 3.11. The van der Waals surface area contributed by atoms with Crippen LogP contribution >= 0.6 is 0 Å². The Balaban J connectivity index is 5.09. The number of primary amides is 1. The van der Waals surface area contributed by atoms with Crippen molar-refractivity contribution >= 4 is 17.7 Å². The molecule has 3 unspecified atom stereocenters. The number of methoxy groups -OCH3 is 1. The van der Waals surface area contributed by atoms with Crippen molar-refractivity contribution < 1.29 is 19.1 Å². The SMILES string of the molecule is CC[C@H](C)C(C(CC(N)=O)OC)N(C)C(=O)CNC(=O)C(NC)C(C)C. The number of amides is 3. The molecule has 0 aliphatic carbocycles. The summed E-state index contributed by atoms with van der Waals surface area (Å²) in [5.74, 6) is -0.731. The van der Waals surface area contributed by atoms with Crippen molar-refractivity contribution in [1.82, 2.24) is 15.5 Å². The van der Waals surface area contributed by atoms with Gasteiger partial charge in [-0.25, -0.2) is 0 Å². The highest BCUT2D eigenvalue weighted by atomic mass is 16.5. The molecule has 0 saturated carbocycles. The lowest BCUT2D eigenvalue weighted by atomic mass is 9.91. The van der Waals surface area contributed by atoms with Gasteiger partial charge in [-0.3, -0.25) is 14.4 Å². The Morgan fingerprint density at radius 3 is 2.15 bits per heavy atom. The third kappa shape index (κ3) is 7.29. The van der Waals surface area contributed by atoms with Crippen LogP contribution in [0.1, 0.15) is 40.5 Å². The minimum absolute atomic E-state index is 0.0324. The second kappa shape index (κ2) is 11.9. The molecule has 8 heteroatoms. The first-order valence-corrected chi connectivity index (χ1v) is 9.12. The molecule has 4 N–H and O–H groups in total. The zero-order valence-corrected chi connectivity index (χ0v) is 17.2. The van der Waals surface area contributed by atoms with Crippen molar-refractivity contribution in [2.45, 2.75) is 58.7 Å². The highest BCUT2D eigenvalue weighted by Crippen LogP contribution is 2.21. The Labute approximate surface area is 157 Å². The van der Waals surface area contributed by atoms with Crippen LogP contribution in [-0.2, 0) is 19.1 Å². The minimum atomic E-state index is -0.493. The molecule has 0 aromatic carbocycles. The largest absolute Gasteiger partial charge is 0.379 e. The van der Waals surface area contributed by atoms with Gasteiger partial charge in [-0.05, 0) is 18.9 Å². The topological polar surface area (TPSA) is 114 Å². The van der Waals surface area contributed by atoms with Gasteiger partial charge in [0, 0.05) is 14.2 Å². The van der Waals surface area contributed by atoms with Gasteiger partial charge in [0.05, 0.1) is 31.2 Å². The molecule has 26 heavy (non-hydrogen) atoms. The van der Waals surface area contributed by atoms with Crippen LogP contribution in [0.2, 0.25) is 0 Å². The van der Waals surface area contributed by atoms with E-state index in [0.29, 0.717) is 0 Å². The lowest BCUT2D eigenvalue weighted by Gasteiger charge is -2.37. The lowest BCUT2D eigenvalue weighted by molar-refractivity contribution is -0.139. The molecule has 0 aromatic rings. The molecule has 0 rings (SSSR count). The van der Waals surface area contributed by atoms with Crippen molar-refractivity contribution in [2.24, 2.45) is 17.6 Å². The number of carbonyl (C=O) groups excluding carboxylic acids is 3. The summed E-state index contributed by atoms with van der Waals surface area (Å²) >= 11 is 0. The molecule has 0 aliphatic rings. The van der Waals surface area contributed by atoms with Crippen molar-refractivity contribution in [3.63, 3.8) is 0 Å². The van der Waals surface area contributed by atoms with Crippen LogP contribution in [0.4, 0.5) is 0 Å². The molecule has 0 saturated heterocycles. The summed E-state index contributed by atoms with van der Waals surface area (Å²) in [5.41, 5.74) is 5.31. The van der Waals surface area contributed by atoms with Gasteiger partial charge >= 0.3 is 0 Å². The van der Waals surface area contributed by atoms with E-state index in [2.05, 4.69) is 10.6 Å². The molecule has 0 aromatic heterocycles. The van der Waals surface area contributed by atoms with Gasteiger partial charge in [-0.1, -0.05) is 34.1 Å². The number of nitrogens with one attached hydrogen (secondary N) is 2. The number of hydrogen-bond donors (Lipinski definition) is 3. The van der Waals surface area contributed by atoms with Crippen molar-refractivity contribution in [2.75, 3.05) is 27.7 Å². The first kappa shape index (κ1) is 24.3. The van der Waals surface area contributed by atoms with Crippen LogP contribution in [0.15, 0.2) is 0 Å². The smallest absolute Gasteiger partial charge is 0.242 e. The van der Waals surface area contributed by atoms with E-state index in [9.17, 15) is 14.4 Å². The van der Waals surface area contributed by atoms with Crippen LogP contribution in [-0.4, -0.2) is 68.6 Å². The van der Waals surface area contributed by atoms with Crippen molar-refractivity contribution in [3.05, 3.63) is 0 Å². The van der Waals surface area contributed by atoms with Gasteiger partial charge in [-0.2, -0.15) is 0 Å². The first-order valence-electron chi connectivity index (χ1n) is 9.12. The monoisotopic (exact) mass is 372 g/mol. The predicted molar refractivity (Wildman–Crippen MR) is 101 cm³/mol. The minimum Gasteiger partial charge on any atom is -0.379 e. The van der Waals surface area contributed by atoms with E-state index >= 15 is 0 Å². The second-order valence-corrected chi connectivity index (χ2v) is 7.05. The van der Waals surface area contributed by atoms with E-state index in [-0.39, 0.29) is 48.7 Å². The summed E-state index contributed by atoms with van der Waals surface area (Å²) in [6, 6.07) is -0.674.